The van der Waals surface area contributed by atoms with Gasteiger partial charge in [0.05, 0.1) is 6.20 Å². The Hall–Kier alpha value is -2.63. The Morgan fingerprint density at radius 3 is 3.00 bits per heavy atom. The van der Waals surface area contributed by atoms with Crippen molar-refractivity contribution >= 4 is 17.6 Å². The van der Waals surface area contributed by atoms with Crippen LogP contribution in [0.4, 0.5) is 5.82 Å². The largest absolute Gasteiger partial charge is 0.334 e. The van der Waals surface area contributed by atoms with Crippen molar-refractivity contribution in [3.8, 4) is 0 Å². The van der Waals surface area contributed by atoms with Crippen molar-refractivity contribution < 1.29 is 9.59 Å². The molecule has 0 unspecified atom stereocenters. The summed E-state index contributed by atoms with van der Waals surface area (Å²) in [4.78, 5) is 30.6. The van der Waals surface area contributed by atoms with E-state index in [1.54, 1.807) is 11.1 Å². The number of carbonyl (C=O) groups is 2. The second-order valence-electron chi connectivity index (χ2n) is 6.35. The summed E-state index contributed by atoms with van der Waals surface area (Å²) in [7, 11) is 0. The number of imidazole rings is 1. The van der Waals surface area contributed by atoms with Gasteiger partial charge in [-0.15, -0.1) is 0 Å². The maximum absolute atomic E-state index is 12.3. The highest BCUT2D eigenvalue weighted by molar-refractivity contribution is 5.98. The normalized spacial score (nSPS) is 16.0. The zero-order chi connectivity index (χ0) is 16.5. The Labute approximate surface area is 140 Å². The van der Waals surface area contributed by atoms with Crippen LogP contribution in [0.15, 0.2) is 30.5 Å². The third kappa shape index (κ3) is 2.68. The van der Waals surface area contributed by atoms with Gasteiger partial charge in [0.15, 0.2) is 0 Å². The van der Waals surface area contributed by atoms with Gasteiger partial charge in [-0.1, -0.05) is 18.2 Å². The first-order chi connectivity index (χ1) is 11.7. The molecular weight excluding hydrogens is 304 g/mol. The summed E-state index contributed by atoms with van der Waals surface area (Å²) in [5, 5.41) is 2.93. The lowest BCUT2D eigenvalue weighted by Gasteiger charge is -2.18. The van der Waals surface area contributed by atoms with Crippen LogP contribution < -0.4 is 5.32 Å². The van der Waals surface area contributed by atoms with Gasteiger partial charge in [-0.3, -0.25) is 9.59 Å². The smallest absolute Gasteiger partial charge is 0.254 e. The van der Waals surface area contributed by atoms with E-state index < -0.39 is 0 Å². The molecule has 0 saturated carbocycles. The van der Waals surface area contributed by atoms with E-state index in [4.69, 9.17) is 0 Å². The summed E-state index contributed by atoms with van der Waals surface area (Å²) in [6.07, 6.45) is 5.26. The standard InChI is InChI=1S/C18H20N4O2/c23-17(20-16-11-19-15-7-3-4-9-22(15)16)8-10-21-12-13-5-1-2-6-14(13)18(21)24/h1-2,5-6,11H,3-4,7-10,12H2,(H,20,23). The van der Waals surface area contributed by atoms with Crippen LogP contribution in [-0.2, 0) is 24.3 Å². The Kier molecular flexibility index (Phi) is 3.80. The van der Waals surface area contributed by atoms with E-state index in [0.717, 1.165) is 48.6 Å². The lowest BCUT2D eigenvalue weighted by Crippen LogP contribution is -2.28. The lowest BCUT2D eigenvalue weighted by molar-refractivity contribution is -0.116. The molecule has 1 aromatic carbocycles. The number of nitrogens with zero attached hydrogens (tertiary/aromatic N) is 3. The fraction of sp³-hybridized carbons (Fsp3) is 0.389. The molecule has 0 bridgehead atoms. The molecule has 0 aliphatic carbocycles. The summed E-state index contributed by atoms with van der Waals surface area (Å²) in [5.41, 5.74) is 1.79. The van der Waals surface area contributed by atoms with E-state index in [-0.39, 0.29) is 11.8 Å². The SMILES string of the molecule is O=C(CCN1Cc2ccccc2C1=O)Nc1cnc2n1CCCC2. The summed E-state index contributed by atoms with van der Waals surface area (Å²) in [5.74, 6) is 1.75. The van der Waals surface area contributed by atoms with Gasteiger partial charge in [0.25, 0.3) is 5.91 Å². The van der Waals surface area contributed by atoms with Gasteiger partial charge in [-0.2, -0.15) is 0 Å². The fourth-order valence-corrected chi connectivity index (χ4v) is 3.45. The Balaban J connectivity index is 1.35. The van der Waals surface area contributed by atoms with Crippen molar-refractivity contribution in [2.75, 3.05) is 11.9 Å². The Morgan fingerprint density at radius 1 is 1.25 bits per heavy atom. The topological polar surface area (TPSA) is 67.2 Å². The molecule has 0 fully saturated rings. The van der Waals surface area contributed by atoms with E-state index in [0.29, 0.717) is 19.5 Å². The van der Waals surface area contributed by atoms with Crippen molar-refractivity contribution in [1.82, 2.24) is 14.5 Å². The van der Waals surface area contributed by atoms with Gasteiger partial charge in [0.2, 0.25) is 5.91 Å². The minimum atomic E-state index is -0.0768. The number of hydrogen-bond donors (Lipinski definition) is 1. The molecule has 0 saturated heterocycles. The summed E-state index contributed by atoms with van der Waals surface area (Å²) in [6, 6.07) is 7.61. The zero-order valence-electron chi connectivity index (χ0n) is 13.5. The first-order valence-corrected chi connectivity index (χ1v) is 8.44. The molecule has 0 spiro atoms. The molecule has 2 amide bonds. The first-order valence-electron chi connectivity index (χ1n) is 8.44. The van der Waals surface area contributed by atoms with Crippen LogP contribution in [0, 0.1) is 0 Å². The average Bonchev–Trinajstić information content (AvgIpc) is 3.15. The quantitative estimate of drug-likeness (QED) is 0.937. The second kappa shape index (κ2) is 6.11. The predicted molar refractivity (Wildman–Crippen MR) is 89.6 cm³/mol. The van der Waals surface area contributed by atoms with Crippen molar-refractivity contribution in [1.29, 1.82) is 0 Å². The Bertz CT molecular complexity index is 796. The van der Waals surface area contributed by atoms with Gasteiger partial charge in [0, 0.05) is 38.0 Å². The van der Waals surface area contributed by atoms with E-state index >= 15 is 0 Å². The van der Waals surface area contributed by atoms with Crippen LogP contribution >= 0.6 is 0 Å². The van der Waals surface area contributed by atoms with Gasteiger partial charge >= 0.3 is 0 Å². The number of anilines is 1. The third-order valence-corrected chi connectivity index (χ3v) is 4.74. The number of aryl methyl sites for hydroxylation is 1. The molecule has 1 N–H and O–H groups in total. The van der Waals surface area contributed by atoms with Crippen molar-refractivity contribution in [2.24, 2.45) is 0 Å². The van der Waals surface area contributed by atoms with Gasteiger partial charge < -0.3 is 14.8 Å². The van der Waals surface area contributed by atoms with Gasteiger partial charge in [-0.25, -0.2) is 4.98 Å². The van der Waals surface area contributed by atoms with Crippen molar-refractivity contribution in [3.63, 3.8) is 0 Å². The van der Waals surface area contributed by atoms with Gasteiger partial charge in [-0.05, 0) is 24.5 Å². The first kappa shape index (κ1) is 14.9. The number of carbonyl (C=O) groups excluding carboxylic acids is 2. The van der Waals surface area contributed by atoms with Crippen LogP contribution in [-0.4, -0.2) is 32.8 Å². The number of aromatic nitrogens is 2. The minimum Gasteiger partial charge on any atom is -0.334 e. The highest BCUT2D eigenvalue weighted by atomic mass is 16.2. The Morgan fingerprint density at radius 2 is 2.12 bits per heavy atom. The summed E-state index contributed by atoms with van der Waals surface area (Å²) >= 11 is 0. The molecule has 0 radical (unpaired) electrons. The molecule has 2 aliphatic heterocycles. The zero-order valence-corrected chi connectivity index (χ0v) is 13.5. The van der Waals surface area contributed by atoms with Crippen LogP contribution in [0.1, 0.15) is 41.0 Å². The molecule has 0 atom stereocenters. The molecule has 3 heterocycles. The molecule has 2 aromatic rings. The predicted octanol–water partition coefficient (Wildman–Crippen LogP) is 2.20. The van der Waals surface area contributed by atoms with Gasteiger partial charge in [0.1, 0.15) is 11.6 Å². The minimum absolute atomic E-state index is 0.0140. The molecule has 24 heavy (non-hydrogen) atoms. The molecule has 1 aromatic heterocycles. The number of hydrogen-bond acceptors (Lipinski definition) is 3. The van der Waals surface area contributed by atoms with Crippen LogP contribution in [0.3, 0.4) is 0 Å². The van der Waals surface area contributed by atoms with E-state index in [2.05, 4.69) is 14.9 Å². The highest BCUT2D eigenvalue weighted by Gasteiger charge is 2.27. The number of benzene rings is 1. The highest BCUT2D eigenvalue weighted by Crippen LogP contribution is 2.23. The van der Waals surface area contributed by atoms with Crippen LogP contribution in [0.2, 0.25) is 0 Å². The average molecular weight is 324 g/mol. The van der Waals surface area contributed by atoms with Crippen LogP contribution in [0.25, 0.3) is 0 Å². The van der Waals surface area contributed by atoms with Crippen molar-refractivity contribution in [3.05, 3.63) is 47.4 Å². The maximum Gasteiger partial charge on any atom is 0.254 e. The molecule has 2 aliphatic rings. The maximum atomic E-state index is 12.3. The molecule has 6 heteroatoms. The van der Waals surface area contributed by atoms with E-state index in [9.17, 15) is 9.59 Å². The lowest BCUT2D eigenvalue weighted by atomic mass is 10.1. The number of amides is 2. The molecular formula is C18H20N4O2. The monoisotopic (exact) mass is 324 g/mol. The second-order valence-corrected chi connectivity index (χ2v) is 6.35. The molecule has 4 rings (SSSR count). The summed E-state index contributed by atoms with van der Waals surface area (Å²) in [6.45, 7) is 1.93. The van der Waals surface area contributed by atoms with Crippen LogP contribution in [0.5, 0.6) is 0 Å². The van der Waals surface area contributed by atoms with E-state index in [1.165, 1.54) is 0 Å². The fourth-order valence-electron chi connectivity index (χ4n) is 3.45. The summed E-state index contributed by atoms with van der Waals surface area (Å²) < 4.78 is 2.08. The molecule has 124 valence electrons. The van der Waals surface area contributed by atoms with E-state index in [1.807, 2.05) is 24.3 Å². The van der Waals surface area contributed by atoms with Crippen molar-refractivity contribution in [2.45, 2.75) is 38.8 Å². The number of rotatable bonds is 4. The third-order valence-electron chi connectivity index (χ3n) is 4.74. The number of fused-ring (bicyclic) bond motifs is 2. The molecule has 6 nitrogen and oxygen atoms in total. The number of nitrogens with one attached hydrogen (secondary N) is 1.